The van der Waals surface area contributed by atoms with Crippen molar-refractivity contribution in [1.82, 2.24) is 24.8 Å². The molecule has 0 saturated heterocycles. The monoisotopic (exact) mass is 387 g/mol. The Balaban J connectivity index is 1.41. The molecule has 3 aromatic heterocycles. The van der Waals surface area contributed by atoms with Crippen LogP contribution in [0.5, 0.6) is 0 Å². The molecule has 8 nitrogen and oxygen atoms in total. The summed E-state index contributed by atoms with van der Waals surface area (Å²) in [5.41, 5.74) is 3.56. The Labute approximate surface area is 168 Å². The first kappa shape index (κ1) is 18.5. The second-order valence-corrected chi connectivity index (χ2v) is 6.68. The largest absolute Gasteiger partial charge is 0.364 e. The molecule has 0 saturated carbocycles. The molecule has 0 unspecified atom stereocenters. The van der Waals surface area contributed by atoms with Gasteiger partial charge in [-0.15, -0.1) is 15.3 Å². The molecule has 0 spiro atoms. The molecule has 0 fully saturated rings. The second kappa shape index (κ2) is 8.47. The minimum Gasteiger partial charge on any atom is -0.364 e. The summed E-state index contributed by atoms with van der Waals surface area (Å²) in [5, 5.41) is 19.1. The van der Waals surface area contributed by atoms with Gasteiger partial charge in [-0.3, -0.25) is 9.78 Å². The highest BCUT2D eigenvalue weighted by Gasteiger charge is 2.11. The minimum atomic E-state index is -0.0677. The van der Waals surface area contributed by atoms with Gasteiger partial charge in [0.1, 0.15) is 5.82 Å². The molecular weight excluding hydrogens is 366 g/mol. The van der Waals surface area contributed by atoms with Gasteiger partial charge in [0.2, 0.25) is 5.91 Å². The van der Waals surface area contributed by atoms with Crippen molar-refractivity contribution < 1.29 is 4.79 Å². The molecule has 1 aromatic carbocycles. The fourth-order valence-corrected chi connectivity index (χ4v) is 2.93. The number of benzene rings is 1. The number of carbonyl (C=O) groups excluding carboxylic acids is 1. The van der Waals surface area contributed by atoms with Gasteiger partial charge in [0.15, 0.2) is 11.5 Å². The van der Waals surface area contributed by atoms with E-state index in [-0.39, 0.29) is 5.91 Å². The predicted octanol–water partition coefficient (Wildman–Crippen LogP) is 3.01. The van der Waals surface area contributed by atoms with Gasteiger partial charge in [-0.25, -0.2) is 0 Å². The van der Waals surface area contributed by atoms with Crippen LogP contribution in [-0.4, -0.2) is 30.7 Å². The van der Waals surface area contributed by atoms with Crippen molar-refractivity contribution >= 4 is 23.1 Å². The summed E-state index contributed by atoms with van der Waals surface area (Å²) in [7, 11) is 0. The lowest BCUT2D eigenvalue weighted by Crippen LogP contribution is -2.14. The Kier molecular flexibility index (Phi) is 5.42. The van der Waals surface area contributed by atoms with E-state index >= 15 is 0 Å². The third kappa shape index (κ3) is 4.55. The zero-order valence-corrected chi connectivity index (χ0v) is 16.0. The normalized spacial score (nSPS) is 10.8. The molecule has 1 amide bonds. The van der Waals surface area contributed by atoms with Crippen LogP contribution in [0.25, 0.3) is 5.65 Å². The van der Waals surface area contributed by atoms with Crippen LogP contribution >= 0.6 is 0 Å². The fraction of sp³-hybridized carbons (Fsp3) is 0.190. The van der Waals surface area contributed by atoms with E-state index in [2.05, 4.69) is 30.9 Å². The number of rotatable bonds is 7. The molecule has 2 N–H and O–H groups in total. The number of aromatic nitrogens is 5. The first-order valence-corrected chi connectivity index (χ1v) is 9.38. The highest BCUT2D eigenvalue weighted by Crippen LogP contribution is 2.14. The smallest absolute Gasteiger partial charge is 0.224 e. The Morgan fingerprint density at radius 3 is 2.79 bits per heavy atom. The number of anilines is 2. The maximum Gasteiger partial charge on any atom is 0.224 e. The van der Waals surface area contributed by atoms with Gasteiger partial charge in [-0.2, -0.15) is 4.52 Å². The van der Waals surface area contributed by atoms with Crippen LogP contribution in [0.2, 0.25) is 0 Å². The van der Waals surface area contributed by atoms with Crippen molar-refractivity contribution in [3.8, 4) is 0 Å². The number of carbonyl (C=O) groups is 1. The lowest BCUT2D eigenvalue weighted by atomic mass is 10.2. The number of amides is 1. The molecule has 4 rings (SSSR count). The molecule has 146 valence electrons. The number of para-hydroxylation sites is 1. The maximum absolute atomic E-state index is 12.3. The molecular formula is C21H21N7O. The molecule has 0 aliphatic heterocycles. The van der Waals surface area contributed by atoms with Gasteiger partial charge in [-0.05, 0) is 42.3 Å². The SMILES string of the molecule is Cc1ccccc1NC(=O)CCc1nnc2ccc(NCc3cccnc3)nn12. The second-order valence-electron chi connectivity index (χ2n) is 6.68. The average Bonchev–Trinajstić information content (AvgIpc) is 3.15. The molecule has 0 radical (unpaired) electrons. The highest BCUT2D eigenvalue weighted by atomic mass is 16.1. The van der Waals surface area contributed by atoms with E-state index in [1.807, 2.05) is 61.7 Å². The Morgan fingerprint density at radius 1 is 1.07 bits per heavy atom. The quantitative estimate of drug-likeness (QED) is 0.506. The van der Waals surface area contributed by atoms with Crippen LogP contribution in [0.15, 0.2) is 60.9 Å². The maximum atomic E-state index is 12.3. The van der Waals surface area contributed by atoms with Crippen LogP contribution in [0, 0.1) is 6.92 Å². The molecule has 0 aliphatic rings. The third-order valence-corrected chi connectivity index (χ3v) is 4.52. The molecule has 4 aromatic rings. The Morgan fingerprint density at radius 2 is 1.97 bits per heavy atom. The van der Waals surface area contributed by atoms with Crippen LogP contribution in [0.4, 0.5) is 11.5 Å². The molecule has 0 atom stereocenters. The predicted molar refractivity (Wildman–Crippen MR) is 110 cm³/mol. The number of nitrogens with one attached hydrogen (secondary N) is 2. The number of nitrogens with zero attached hydrogens (tertiary/aromatic N) is 5. The van der Waals surface area contributed by atoms with Crippen molar-refractivity contribution in [2.75, 3.05) is 10.6 Å². The van der Waals surface area contributed by atoms with Crippen LogP contribution in [0.3, 0.4) is 0 Å². The van der Waals surface area contributed by atoms with Crippen molar-refractivity contribution in [1.29, 1.82) is 0 Å². The van der Waals surface area contributed by atoms with E-state index in [4.69, 9.17) is 0 Å². The zero-order valence-electron chi connectivity index (χ0n) is 16.0. The summed E-state index contributed by atoms with van der Waals surface area (Å²) >= 11 is 0. The zero-order chi connectivity index (χ0) is 20.1. The standard InChI is InChI=1S/C21H21N7O/c1-15-5-2-3-7-17(15)24-21(29)11-10-20-26-25-19-9-8-18(27-28(19)20)23-14-16-6-4-12-22-13-16/h2-9,12-13H,10-11,14H2,1H3,(H,23,27)(H,24,29). The van der Waals surface area contributed by atoms with E-state index in [9.17, 15) is 4.79 Å². The molecule has 8 heteroatoms. The lowest BCUT2D eigenvalue weighted by molar-refractivity contribution is -0.116. The summed E-state index contributed by atoms with van der Waals surface area (Å²) in [4.78, 5) is 16.4. The first-order valence-electron chi connectivity index (χ1n) is 9.38. The summed E-state index contributed by atoms with van der Waals surface area (Å²) < 4.78 is 1.67. The third-order valence-electron chi connectivity index (χ3n) is 4.52. The Bertz CT molecular complexity index is 1120. The summed E-state index contributed by atoms with van der Waals surface area (Å²) in [5.74, 6) is 1.28. The van der Waals surface area contributed by atoms with Gasteiger partial charge >= 0.3 is 0 Å². The summed E-state index contributed by atoms with van der Waals surface area (Å²) in [6.45, 7) is 2.58. The molecule has 3 heterocycles. The van der Waals surface area contributed by atoms with Gasteiger partial charge < -0.3 is 10.6 Å². The number of fused-ring (bicyclic) bond motifs is 1. The number of hydrogen-bond acceptors (Lipinski definition) is 6. The van der Waals surface area contributed by atoms with E-state index in [0.29, 0.717) is 36.7 Å². The number of aryl methyl sites for hydroxylation is 2. The molecule has 29 heavy (non-hydrogen) atoms. The van der Waals surface area contributed by atoms with Gasteiger partial charge in [-0.1, -0.05) is 24.3 Å². The first-order chi connectivity index (χ1) is 14.2. The van der Waals surface area contributed by atoms with E-state index in [1.165, 1.54) is 0 Å². The van der Waals surface area contributed by atoms with E-state index < -0.39 is 0 Å². The Hall–Kier alpha value is -3.81. The number of pyridine rings is 1. The van der Waals surface area contributed by atoms with Crippen LogP contribution in [0.1, 0.15) is 23.4 Å². The summed E-state index contributed by atoms with van der Waals surface area (Å²) in [6.07, 6.45) is 4.29. The lowest BCUT2D eigenvalue weighted by Gasteiger charge is -2.08. The highest BCUT2D eigenvalue weighted by molar-refractivity contribution is 5.91. The van der Waals surface area contributed by atoms with E-state index in [0.717, 1.165) is 16.8 Å². The van der Waals surface area contributed by atoms with Crippen molar-refractivity contribution in [3.05, 3.63) is 77.9 Å². The topological polar surface area (TPSA) is 97.1 Å². The minimum absolute atomic E-state index is 0.0677. The fourth-order valence-electron chi connectivity index (χ4n) is 2.93. The number of hydrogen-bond donors (Lipinski definition) is 2. The van der Waals surface area contributed by atoms with Gasteiger partial charge in [0.05, 0.1) is 0 Å². The van der Waals surface area contributed by atoms with E-state index in [1.54, 1.807) is 10.7 Å². The average molecular weight is 387 g/mol. The van der Waals surface area contributed by atoms with Crippen LogP contribution < -0.4 is 10.6 Å². The molecule has 0 bridgehead atoms. The van der Waals surface area contributed by atoms with Gasteiger partial charge in [0, 0.05) is 37.5 Å². The van der Waals surface area contributed by atoms with Crippen molar-refractivity contribution in [2.24, 2.45) is 0 Å². The summed E-state index contributed by atoms with van der Waals surface area (Å²) in [6, 6.07) is 15.3. The molecule has 0 aliphatic carbocycles. The van der Waals surface area contributed by atoms with Gasteiger partial charge in [0.25, 0.3) is 0 Å². The van der Waals surface area contributed by atoms with Crippen molar-refractivity contribution in [2.45, 2.75) is 26.3 Å². The van der Waals surface area contributed by atoms with Crippen LogP contribution in [-0.2, 0) is 17.8 Å². The van der Waals surface area contributed by atoms with Crippen molar-refractivity contribution in [3.63, 3.8) is 0 Å².